The van der Waals surface area contributed by atoms with Gasteiger partial charge in [-0.2, -0.15) is 5.10 Å². The first-order valence-corrected chi connectivity index (χ1v) is 7.28. The Hall–Kier alpha value is -1.52. The molecule has 2 N–H and O–H groups in total. The van der Waals surface area contributed by atoms with Gasteiger partial charge in [-0.3, -0.25) is 9.25 Å². The highest BCUT2D eigenvalue weighted by Crippen LogP contribution is 2.49. The van der Waals surface area contributed by atoms with Crippen LogP contribution in [0.3, 0.4) is 0 Å². The van der Waals surface area contributed by atoms with E-state index in [9.17, 15) is 0 Å². The quantitative estimate of drug-likeness (QED) is 0.898. The van der Waals surface area contributed by atoms with Crippen molar-refractivity contribution in [3.8, 4) is 0 Å². The fourth-order valence-corrected chi connectivity index (χ4v) is 4.37. The normalized spacial score (nSPS) is 29.7. The smallest absolute Gasteiger partial charge is 0.202 e. The topological polar surface area (TPSA) is 61.7 Å². The Morgan fingerprint density at radius 3 is 2.84 bits per heavy atom. The SMILES string of the molecule is Cc1nn(C)c2c1nc(N)n2CC1CC2CCC1C2. The molecule has 5 heteroatoms. The second kappa shape index (κ2) is 3.74. The van der Waals surface area contributed by atoms with Gasteiger partial charge in [0.05, 0.1) is 5.69 Å². The number of nitrogens with two attached hydrogens (primary N) is 1. The largest absolute Gasteiger partial charge is 0.369 e. The lowest BCUT2D eigenvalue weighted by Gasteiger charge is -2.22. The van der Waals surface area contributed by atoms with Crippen LogP contribution < -0.4 is 5.73 Å². The molecule has 2 fully saturated rings. The molecule has 2 bridgehead atoms. The molecule has 2 aliphatic carbocycles. The molecule has 0 aromatic carbocycles. The minimum atomic E-state index is 0.647. The summed E-state index contributed by atoms with van der Waals surface area (Å²) >= 11 is 0. The van der Waals surface area contributed by atoms with E-state index >= 15 is 0 Å². The zero-order valence-electron chi connectivity index (χ0n) is 11.6. The van der Waals surface area contributed by atoms with Crippen LogP contribution in [0.5, 0.6) is 0 Å². The summed E-state index contributed by atoms with van der Waals surface area (Å²) in [6.07, 6.45) is 5.67. The maximum Gasteiger partial charge on any atom is 0.202 e. The number of aromatic nitrogens is 4. The van der Waals surface area contributed by atoms with Crippen molar-refractivity contribution in [2.45, 2.75) is 39.2 Å². The highest BCUT2D eigenvalue weighted by atomic mass is 15.3. The third-order valence-corrected chi connectivity index (χ3v) is 5.22. The lowest BCUT2D eigenvalue weighted by Crippen LogP contribution is -2.19. The summed E-state index contributed by atoms with van der Waals surface area (Å²) in [6.45, 7) is 3.01. The standard InChI is InChI=1S/C14H21N5/c1-8-12-13(18(2)17-8)19(14(15)16-12)7-11-6-9-3-4-10(11)5-9/h9-11H,3-7H2,1-2H3,(H2,15,16). The van der Waals surface area contributed by atoms with Gasteiger partial charge < -0.3 is 5.73 Å². The summed E-state index contributed by atoms with van der Waals surface area (Å²) in [5.41, 5.74) is 9.13. The number of hydrogen-bond donors (Lipinski definition) is 1. The van der Waals surface area contributed by atoms with Crippen molar-refractivity contribution in [2.24, 2.45) is 24.8 Å². The van der Waals surface area contributed by atoms with Crippen molar-refractivity contribution in [3.05, 3.63) is 5.69 Å². The average molecular weight is 259 g/mol. The van der Waals surface area contributed by atoms with Gasteiger partial charge in [0.15, 0.2) is 5.65 Å². The van der Waals surface area contributed by atoms with E-state index in [4.69, 9.17) is 5.73 Å². The molecule has 2 aliphatic rings. The van der Waals surface area contributed by atoms with Crippen LogP contribution in [-0.4, -0.2) is 19.3 Å². The second-order valence-electron chi connectivity index (χ2n) is 6.40. The molecule has 0 amide bonds. The predicted molar refractivity (Wildman–Crippen MR) is 74.6 cm³/mol. The second-order valence-corrected chi connectivity index (χ2v) is 6.40. The third-order valence-electron chi connectivity index (χ3n) is 5.22. The molecule has 0 spiro atoms. The molecule has 0 radical (unpaired) electrons. The van der Waals surface area contributed by atoms with Gasteiger partial charge in [-0.25, -0.2) is 4.98 Å². The van der Waals surface area contributed by atoms with Crippen LogP contribution in [-0.2, 0) is 13.6 Å². The maximum absolute atomic E-state index is 6.12. The van der Waals surface area contributed by atoms with E-state index in [1.54, 1.807) is 0 Å². The molecule has 19 heavy (non-hydrogen) atoms. The van der Waals surface area contributed by atoms with Crippen molar-refractivity contribution in [1.29, 1.82) is 0 Å². The Morgan fingerprint density at radius 1 is 1.32 bits per heavy atom. The molecule has 2 heterocycles. The minimum absolute atomic E-state index is 0.647. The van der Waals surface area contributed by atoms with Crippen LogP contribution in [0.4, 0.5) is 5.95 Å². The molecule has 2 aromatic rings. The van der Waals surface area contributed by atoms with Crippen LogP contribution in [0.15, 0.2) is 0 Å². The van der Waals surface area contributed by atoms with Crippen molar-refractivity contribution >= 4 is 17.1 Å². The Kier molecular flexibility index (Phi) is 2.23. The molecule has 5 nitrogen and oxygen atoms in total. The third kappa shape index (κ3) is 1.53. The number of hydrogen-bond acceptors (Lipinski definition) is 3. The van der Waals surface area contributed by atoms with Crippen LogP contribution in [0, 0.1) is 24.7 Å². The molecule has 3 unspecified atom stereocenters. The molecule has 4 rings (SSSR count). The first kappa shape index (κ1) is 11.3. The summed E-state index contributed by atoms with van der Waals surface area (Å²) in [5, 5.41) is 4.45. The van der Waals surface area contributed by atoms with Gasteiger partial charge in [0.2, 0.25) is 5.95 Å². The summed E-state index contributed by atoms with van der Waals surface area (Å²) in [6, 6.07) is 0. The fraction of sp³-hybridized carbons (Fsp3) is 0.714. The zero-order valence-corrected chi connectivity index (χ0v) is 11.6. The molecule has 3 atom stereocenters. The number of fused-ring (bicyclic) bond motifs is 3. The van der Waals surface area contributed by atoms with Crippen molar-refractivity contribution in [3.63, 3.8) is 0 Å². The number of nitrogens with zero attached hydrogens (tertiary/aromatic N) is 4. The van der Waals surface area contributed by atoms with E-state index in [2.05, 4.69) is 14.6 Å². The Labute approximate surface area is 112 Å². The van der Waals surface area contributed by atoms with Gasteiger partial charge in [0.1, 0.15) is 5.52 Å². The van der Waals surface area contributed by atoms with Gasteiger partial charge in [-0.05, 0) is 43.9 Å². The first-order valence-electron chi connectivity index (χ1n) is 7.28. The lowest BCUT2D eigenvalue weighted by atomic mass is 9.89. The highest BCUT2D eigenvalue weighted by Gasteiger charge is 2.39. The average Bonchev–Trinajstić information content (AvgIpc) is 3.08. The number of aryl methyl sites for hydroxylation is 2. The summed E-state index contributed by atoms with van der Waals surface area (Å²) in [5.74, 6) is 3.32. The van der Waals surface area contributed by atoms with Crippen molar-refractivity contribution in [1.82, 2.24) is 19.3 Å². The van der Waals surface area contributed by atoms with Crippen LogP contribution in [0.25, 0.3) is 11.2 Å². The van der Waals surface area contributed by atoms with Crippen molar-refractivity contribution < 1.29 is 0 Å². The van der Waals surface area contributed by atoms with Crippen LogP contribution >= 0.6 is 0 Å². The predicted octanol–water partition coefficient (Wildman–Crippen LogP) is 2.10. The van der Waals surface area contributed by atoms with E-state index in [1.807, 2.05) is 18.7 Å². The van der Waals surface area contributed by atoms with E-state index in [-0.39, 0.29) is 0 Å². The summed E-state index contributed by atoms with van der Waals surface area (Å²) < 4.78 is 4.10. The number of nitrogen functional groups attached to an aromatic ring is 1. The highest BCUT2D eigenvalue weighted by molar-refractivity contribution is 5.77. The Balaban J connectivity index is 1.72. The first-order chi connectivity index (χ1) is 9.13. The van der Waals surface area contributed by atoms with E-state index in [0.29, 0.717) is 5.95 Å². The Morgan fingerprint density at radius 2 is 2.16 bits per heavy atom. The molecule has 0 saturated heterocycles. The van der Waals surface area contributed by atoms with Gasteiger partial charge in [0.25, 0.3) is 0 Å². The Bertz CT molecular complexity index is 638. The fourth-order valence-electron chi connectivity index (χ4n) is 4.37. The molecule has 102 valence electrons. The van der Waals surface area contributed by atoms with E-state index < -0.39 is 0 Å². The number of imidazole rings is 1. The molecule has 2 aromatic heterocycles. The summed E-state index contributed by atoms with van der Waals surface area (Å²) in [7, 11) is 1.98. The molecule has 2 saturated carbocycles. The van der Waals surface area contributed by atoms with E-state index in [1.165, 1.54) is 25.7 Å². The molecular weight excluding hydrogens is 238 g/mol. The van der Waals surface area contributed by atoms with Gasteiger partial charge in [-0.1, -0.05) is 6.42 Å². The number of rotatable bonds is 2. The van der Waals surface area contributed by atoms with Crippen molar-refractivity contribution in [2.75, 3.05) is 5.73 Å². The molecule has 0 aliphatic heterocycles. The van der Waals surface area contributed by atoms with E-state index in [0.717, 1.165) is 41.2 Å². The van der Waals surface area contributed by atoms with Crippen LogP contribution in [0.2, 0.25) is 0 Å². The zero-order chi connectivity index (χ0) is 13.1. The minimum Gasteiger partial charge on any atom is -0.369 e. The summed E-state index contributed by atoms with van der Waals surface area (Å²) in [4.78, 5) is 4.50. The lowest BCUT2D eigenvalue weighted by molar-refractivity contribution is 0.298. The number of anilines is 1. The van der Waals surface area contributed by atoms with Gasteiger partial charge in [-0.15, -0.1) is 0 Å². The molecular formula is C14H21N5. The maximum atomic E-state index is 6.12. The van der Waals surface area contributed by atoms with Gasteiger partial charge in [0, 0.05) is 13.6 Å². The van der Waals surface area contributed by atoms with Gasteiger partial charge >= 0.3 is 0 Å². The monoisotopic (exact) mass is 259 g/mol. The van der Waals surface area contributed by atoms with Crippen LogP contribution in [0.1, 0.15) is 31.4 Å².